The number of carbonyl (C=O) groups is 1. The molecule has 7 nitrogen and oxygen atoms in total. The van der Waals surface area contributed by atoms with Gasteiger partial charge in [-0.1, -0.05) is 24.0 Å². The highest BCUT2D eigenvalue weighted by molar-refractivity contribution is 8.26. The minimum Gasteiger partial charge on any atom is -0.457 e. The van der Waals surface area contributed by atoms with E-state index < -0.39 is 10.0 Å². The van der Waals surface area contributed by atoms with Gasteiger partial charge in [-0.3, -0.25) is 9.69 Å². The van der Waals surface area contributed by atoms with Crippen LogP contribution in [-0.2, 0) is 19.6 Å². The molecule has 0 radical (unpaired) electrons. The van der Waals surface area contributed by atoms with Crippen LogP contribution in [0.2, 0.25) is 0 Å². The number of carbonyl (C=O) groups excluding carboxylic acids is 1. The Morgan fingerprint density at radius 1 is 1.26 bits per heavy atom. The fourth-order valence-electron chi connectivity index (χ4n) is 2.40. The van der Waals surface area contributed by atoms with E-state index in [0.29, 0.717) is 39.5 Å². The van der Waals surface area contributed by atoms with Crippen molar-refractivity contribution >= 4 is 50.3 Å². The summed E-state index contributed by atoms with van der Waals surface area (Å²) in [6.07, 6.45) is 1.63. The summed E-state index contributed by atoms with van der Waals surface area (Å²) in [7, 11) is -2.18. The molecule has 1 aromatic carbocycles. The summed E-state index contributed by atoms with van der Waals surface area (Å²) in [5, 5.41) is 5.09. The Morgan fingerprint density at radius 3 is 2.59 bits per heavy atom. The number of furan rings is 1. The van der Waals surface area contributed by atoms with Gasteiger partial charge >= 0.3 is 0 Å². The van der Waals surface area contributed by atoms with Crippen LogP contribution in [0.15, 0.2) is 50.6 Å². The first kappa shape index (κ1) is 19.8. The number of primary sulfonamides is 1. The molecule has 2 N–H and O–H groups in total. The highest BCUT2D eigenvalue weighted by Crippen LogP contribution is 2.33. The number of hydrogen-bond donors (Lipinski definition) is 1. The molecule has 1 saturated heterocycles. The second-order valence-electron chi connectivity index (χ2n) is 5.60. The third kappa shape index (κ3) is 4.47. The van der Waals surface area contributed by atoms with Gasteiger partial charge in [-0.15, -0.1) is 0 Å². The first-order chi connectivity index (χ1) is 12.8. The first-order valence-electron chi connectivity index (χ1n) is 7.77. The summed E-state index contributed by atoms with van der Waals surface area (Å²) in [4.78, 5) is 14.4. The van der Waals surface area contributed by atoms with Gasteiger partial charge in [0.2, 0.25) is 10.0 Å². The third-order valence-electron chi connectivity index (χ3n) is 3.76. The largest absolute Gasteiger partial charge is 0.457 e. The molecule has 27 heavy (non-hydrogen) atoms. The number of thiocarbonyl (C=S) groups is 1. The normalized spacial score (nSPS) is 16.5. The number of nitrogens with zero attached hydrogens (tertiary/aromatic N) is 1. The van der Waals surface area contributed by atoms with E-state index in [0.717, 1.165) is 0 Å². The summed E-state index contributed by atoms with van der Waals surface area (Å²) in [5.74, 6) is 0.849. The number of amides is 1. The van der Waals surface area contributed by atoms with Crippen LogP contribution < -0.4 is 5.14 Å². The smallest absolute Gasteiger partial charge is 0.266 e. The van der Waals surface area contributed by atoms with E-state index in [-0.39, 0.29) is 10.8 Å². The standard InChI is InChI=1S/C17H16N2O5S3/c1-23-9-8-19-16(20)15(26-17(19)25)10-12-4-7-14(24-12)11-2-5-13(6-3-11)27(18,21)22/h2-7,10H,8-9H2,1H3,(H2,18,21,22)/b15-10-. The Kier molecular flexibility index (Phi) is 5.82. The zero-order valence-electron chi connectivity index (χ0n) is 14.2. The molecule has 142 valence electrons. The molecule has 1 aliphatic heterocycles. The lowest BCUT2D eigenvalue weighted by atomic mass is 10.2. The molecule has 1 aromatic heterocycles. The molecule has 1 aliphatic rings. The van der Waals surface area contributed by atoms with Crippen LogP contribution in [0.3, 0.4) is 0 Å². The summed E-state index contributed by atoms with van der Waals surface area (Å²) in [5.41, 5.74) is 0.690. The number of ether oxygens (including phenoxy) is 1. The topological polar surface area (TPSA) is 103 Å². The SMILES string of the molecule is COCCN1C(=O)/C(=C/c2ccc(-c3ccc(S(N)(=O)=O)cc3)o2)SC1=S. The first-order valence-corrected chi connectivity index (χ1v) is 10.5. The summed E-state index contributed by atoms with van der Waals surface area (Å²) < 4.78 is 33.9. The number of thioether (sulfide) groups is 1. The maximum absolute atomic E-state index is 12.4. The molecule has 2 heterocycles. The van der Waals surface area contributed by atoms with Crippen LogP contribution in [0.25, 0.3) is 17.4 Å². The quantitative estimate of drug-likeness (QED) is 0.561. The molecule has 3 rings (SSSR count). The van der Waals surface area contributed by atoms with Crippen LogP contribution in [0, 0.1) is 0 Å². The minimum absolute atomic E-state index is 0.0257. The second kappa shape index (κ2) is 7.95. The maximum atomic E-state index is 12.4. The lowest BCUT2D eigenvalue weighted by Crippen LogP contribution is -2.31. The van der Waals surface area contributed by atoms with Gasteiger partial charge in [0, 0.05) is 18.7 Å². The molecule has 1 amide bonds. The average molecular weight is 425 g/mol. The number of benzene rings is 1. The molecular weight excluding hydrogens is 408 g/mol. The molecule has 10 heteroatoms. The molecular formula is C17H16N2O5S3. The van der Waals surface area contributed by atoms with Gasteiger partial charge in [-0.2, -0.15) is 0 Å². The van der Waals surface area contributed by atoms with Gasteiger partial charge in [-0.05, 0) is 36.4 Å². The van der Waals surface area contributed by atoms with Crippen molar-refractivity contribution < 1.29 is 22.4 Å². The van der Waals surface area contributed by atoms with Gasteiger partial charge in [0.05, 0.1) is 23.0 Å². The van der Waals surface area contributed by atoms with Crippen molar-refractivity contribution in [3.05, 3.63) is 47.1 Å². The van der Waals surface area contributed by atoms with E-state index >= 15 is 0 Å². The number of sulfonamides is 1. The van der Waals surface area contributed by atoms with Crippen LogP contribution in [0.4, 0.5) is 0 Å². The second-order valence-corrected chi connectivity index (χ2v) is 8.83. The van der Waals surface area contributed by atoms with Crippen molar-refractivity contribution in [1.29, 1.82) is 0 Å². The van der Waals surface area contributed by atoms with Crippen molar-refractivity contribution in [3.8, 4) is 11.3 Å². The zero-order chi connectivity index (χ0) is 19.6. The molecule has 0 spiro atoms. The van der Waals surface area contributed by atoms with Crippen LogP contribution in [-0.4, -0.2) is 43.8 Å². The maximum Gasteiger partial charge on any atom is 0.266 e. The Morgan fingerprint density at radius 2 is 1.96 bits per heavy atom. The summed E-state index contributed by atoms with van der Waals surface area (Å²) in [6.45, 7) is 0.803. The Balaban J connectivity index is 1.79. The van der Waals surface area contributed by atoms with Gasteiger partial charge in [0.15, 0.2) is 0 Å². The molecule has 0 bridgehead atoms. The van der Waals surface area contributed by atoms with Crippen molar-refractivity contribution in [3.63, 3.8) is 0 Å². The predicted octanol–water partition coefficient (Wildman–Crippen LogP) is 2.44. The van der Waals surface area contributed by atoms with Crippen molar-refractivity contribution in [2.24, 2.45) is 5.14 Å². The molecule has 2 aromatic rings. The van der Waals surface area contributed by atoms with Gasteiger partial charge < -0.3 is 9.15 Å². The number of methoxy groups -OCH3 is 1. The van der Waals surface area contributed by atoms with E-state index in [4.69, 9.17) is 26.5 Å². The van der Waals surface area contributed by atoms with E-state index in [9.17, 15) is 13.2 Å². The third-order valence-corrected chi connectivity index (χ3v) is 6.07. The fourth-order valence-corrected chi connectivity index (χ4v) is 4.20. The molecule has 1 fully saturated rings. The molecule has 0 saturated carbocycles. The Labute approximate surface area is 166 Å². The van der Waals surface area contributed by atoms with Crippen LogP contribution >= 0.6 is 24.0 Å². The Hall–Kier alpha value is -1.98. The monoisotopic (exact) mass is 424 g/mol. The number of rotatable bonds is 6. The number of nitrogens with two attached hydrogens (primary N) is 1. The molecule has 0 unspecified atom stereocenters. The predicted molar refractivity (Wildman–Crippen MR) is 107 cm³/mol. The minimum atomic E-state index is -3.74. The number of hydrogen-bond acceptors (Lipinski definition) is 7. The van der Waals surface area contributed by atoms with Crippen LogP contribution in [0.1, 0.15) is 5.76 Å². The van der Waals surface area contributed by atoms with E-state index in [1.165, 1.54) is 28.8 Å². The van der Waals surface area contributed by atoms with Crippen molar-refractivity contribution in [1.82, 2.24) is 4.90 Å². The summed E-state index contributed by atoms with van der Waals surface area (Å²) in [6, 6.07) is 9.49. The lowest BCUT2D eigenvalue weighted by Gasteiger charge is -2.12. The Bertz CT molecular complexity index is 1010. The van der Waals surface area contributed by atoms with Gasteiger partial charge in [0.25, 0.3) is 5.91 Å². The van der Waals surface area contributed by atoms with E-state index in [1.54, 1.807) is 37.5 Å². The average Bonchev–Trinajstić information content (AvgIpc) is 3.18. The summed E-state index contributed by atoms with van der Waals surface area (Å²) >= 11 is 6.44. The van der Waals surface area contributed by atoms with Gasteiger partial charge in [-0.25, -0.2) is 13.6 Å². The fraction of sp³-hybridized carbons (Fsp3) is 0.176. The zero-order valence-corrected chi connectivity index (χ0v) is 16.7. The molecule has 0 aliphatic carbocycles. The van der Waals surface area contributed by atoms with E-state index in [1.807, 2.05) is 0 Å². The van der Waals surface area contributed by atoms with Crippen molar-refractivity contribution in [2.45, 2.75) is 4.90 Å². The highest BCUT2D eigenvalue weighted by Gasteiger charge is 2.31. The van der Waals surface area contributed by atoms with Crippen molar-refractivity contribution in [2.75, 3.05) is 20.3 Å². The molecule has 0 atom stereocenters. The van der Waals surface area contributed by atoms with Gasteiger partial charge in [0.1, 0.15) is 15.8 Å². The lowest BCUT2D eigenvalue weighted by molar-refractivity contribution is -0.122. The highest BCUT2D eigenvalue weighted by atomic mass is 32.2. The van der Waals surface area contributed by atoms with E-state index in [2.05, 4.69) is 0 Å². The van der Waals surface area contributed by atoms with Crippen LogP contribution in [0.5, 0.6) is 0 Å².